The number of ether oxygens (including phenoxy) is 3. The van der Waals surface area contributed by atoms with Crippen LogP contribution < -0.4 is 14.2 Å². The molecule has 0 radical (unpaired) electrons. The first-order valence-corrected chi connectivity index (χ1v) is 9.98. The number of imidazole rings is 1. The van der Waals surface area contributed by atoms with Crippen LogP contribution in [0.3, 0.4) is 0 Å². The van der Waals surface area contributed by atoms with Gasteiger partial charge in [0.1, 0.15) is 5.69 Å². The average Bonchev–Trinajstić information content (AvgIpc) is 3.42. The van der Waals surface area contributed by atoms with Crippen LogP contribution in [0.2, 0.25) is 0 Å². The minimum Gasteiger partial charge on any atom is -0.493 e. The first kappa shape index (κ1) is 17.6. The maximum Gasteiger partial charge on any atom is 0.203 e. The zero-order chi connectivity index (χ0) is 18.8. The molecule has 0 aliphatic rings. The smallest absolute Gasteiger partial charge is 0.203 e. The van der Waals surface area contributed by atoms with E-state index in [0.29, 0.717) is 17.2 Å². The molecule has 0 aliphatic heterocycles. The number of fused-ring (bicyclic) bond motifs is 1. The van der Waals surface area contributed by atoms with Crippen molar-refractivity contribution in [3.05, 3.63) is 52.5 Å². The maximum atomic E-state index is 5.44. The van der Waals surface area contributed by atoms with Gasteiger partial charge >= 0.3 is 0 Å². The predicted molar refractivity (Wildman–Crippen MR) is 111 cm³/mol. The summed E-state index contributed by atoms with van der Waals surface area (Å²) in [4.78, 5) is 6.92. The van der Waals surface area contributed by atoms with Gasteiger partial charge in [0.25, 0.3) is 0 Å². The molecule has 4 aromatic rings. The van der Waals surface area contributed by atoms with E-state index in [4.69, 9.17) is 19.2 Å². The highest BCUT2D eigenvalue weighted by molar-refractivity contribution is 7.15. The van der Waals surface area contributed by atoms with Gasteiger partial charge in [0.2, 0.25) is 5.75 Å². The third-order valence-electron chi connectivity index (χ3n) is 4.17. The van der Waals surface area contributed by atoms with Crippen LogP contribution in [-0.2, 0) is 0 Å². The van der Waals surface area contributed by atoms with Crippen molar-refractivity contribution in [2.75, 3.05) is 21.3 Å². The lowest BCUT2D eigenvalue weighted by atomic mass is 10.1. The quantitative estimate of drug-likeness (QED) is 0.441. The molecule has 7 heteroatoms. The summed E-state index contributed by atoms with van der Waals surface area (Å²) in [6, 6.07) is 7.98. The minimum absolute atomic E-state index is 0.584. The van der Waals surface area contributed by atoms with Crippen LogP contribution in [0.5, 0.6) is 17.2 Å². The van der Waals surface area contributed by atoms with Crippen LogP contribution in [0.1, 0.15) is 11.3 Å². The Bertz CT molecular complexity index is 1070. The number of hydrogen-bond donors (Lipinski definition) is 0. The van der Waals surface area contributed by atoms with Gasteiger partial charge in [-0.1, -0.05) is 12.1 Å². The maximum absolute atomic E-state index is 5.44. The first-order valence-electron chi connectivity index (χ1n) is 8.22. The van der Waals surface area contributed by atoms with Crippen molar-refractivity contribution in [3.8, 4) is 27.8 Å². The Morgan fingerprint density at radius 1 is 0.963 bits per heavy atom. The molecule has 3 aromatic heterocycles. The fraction of sp³-hybridized carbons (Fsp3) is 0.150. The lowest BCUT2D eigenvalue weighted by Gasteiger charge is -2.12. The molecule has 0 saturated carbocycles. The third kappa shape index (κ3) is 3.20. The number of hydrogen-bond acceptors (Lipinski definition) is 6. The molecule has 0 fully saturated rings. The summed E-state index contributed by atoms with van der Waals surface area (Å²) >= 11 is 3.31. The molecule has 138 valence electrons. The van der Waals surface area contributed by atoms with Gasteiger partial charge in [-0.05, 0) is 35.2 Å². The van der Waals surface area contributed by atoms with Crippen molar-refractivity contribution in [1.29, 1.82) is 0 Å². The number of thiazole rings is 1. The zero-order valence-electron chi connectivity index (χ0n) is 15.1. The zero-order valence-corrected chi connectivity index (χ0v) is 16.8. The Morgan fingerprint density at radius 3 is 2.37 bits per heavy atom. The van der Waals surface area contributed by atoms with E-state index in [0.717, 1.165) is 26.8 Å². The van der Waals surface area contributed by atoms with Crippen LogP contribution >= 0.6 is 22.7 Å². The second-order valence-electron chi connectivity index (χ2n) is 5.67. The second kappa shape index (κ2) is 7.46. The van der Waals surface area contributed by atoms with Crippen molar-refractivity contribution in [2.24, 2.45) is 0 Å². The number of rotatable bonds is 6. The molecule has 0 amide bonds. The van der Waals surface area contributed by atoms with Crippen LogP contribution in [0, 0.1) is 0 Å². The van der Waals surface area contributed by atoms with Gasteiger partial charge in [-0.25, -0.2) is 4.98 Å². The van der Waals surface area contributed by atoms with Crippen molar-refractivity contribution >= 4 is 39.8 Å². The van der Waals surface area contributed by atoms with E-state index in [2.05, 4.69) is 21.9 Å². The van der Waals surface area contributed by atoms with Crippen LogP contribution in [-0.4, -0.2) is 30.7 Å². The van der Waals surface area contributed by atoms with E-state index in [1.54, 1.807) is 44.0 Å². The molecule has 0 saturated heterocycles. The highest BCUT2D eigenvalue weighted by Gasteiger charge is 2.15. The molecule has 0 bridgehead atoms. The molecule has 0 unspecified atom stereocenters. The van der Waals surface area contributed by atoms with E-state index in [-0.39, 0.29) is 0 Å². The Hall–Kier alpha value is -2.77. The molecule has 0 atom stereocenters. The summed E-state index contributed by atoms with van der Waals surface area (Å²) in [5.41, 5.74) is 2.98. The van der Waals surface area contributed by atoms with E-state index < -0.39 is 0 Å². The summed E-state index contributed by atoms with van der Waals surface area (Å²) < 4.78 is 18.4. The Labute approximate surface area is 165 Å². The Kier molecular flexibility index (Phi) is 4.87. The minimum atomic E-state index is 0.584. The fourth-order valence-corrected chi connectivity index (χ4v) is 4.37. The average molecular weight is 399 g/mol. The number of methoxy groups -OCH3 is 3. The number of nitrogens with zero attached hydrogens (tertiary/aromatic N) is 2. The van der Waals surface area contributed by atoms with Gasteiger partial charge in [0.15, 0.2) is 16.5 Å². The standard InChI is InChI=1S/C20H18N2O3S2/c1-23-15-11-13(12-16(24-2)19(15)25-3)6-7-14-18(17-5-4-9-26-17)21-20-22(14)8-10-27-20/h4-12H,1-3H3/b7-6-. The monoisotopic (exact) mass is 398 g/mol. The molecule has 5 nitrogen and oxygen atoms in total. The largest absolute Gasteiger partial charge is 0.493 e. The molecule has 0 spiro atoms. The molecule has 27 heavy (non-hydrogen) atoms. The highest BCUT2D eigenvalue weighted by Crippen LogP contribution is 2.39. The summed E-state index contributed by atoms with van der Waals surface area (Å²) in [5, 5.41) is 4.10. The van der Waals surface area contributed by atoms with Crippen LogP contribution in [0.15, 0.2) is 41.2 Å². The number of thiophene rings is 1. The summed E-state index contributed by atoms with van der Waals surface area (Å²) in [7, 11) is 4.83. The van der Waals surface area contributed by atoms with E-state index in [9.17, 15) is 0 Å². The normalized spacial score (nSPS) is 11.4. The number of aromatic nitrogens is 2. The van der Waals surface area contributed by atoms with E-state index in [1.165, 1.54) is 0 Å². The summed E-state index contributed by atoms with van der Waals surface area (Å²) in [6.45, 7) is 0. The Balaban J connectivity index is 1.80. The third-order valence-corrected chi connectivity index (χ3v) is 5.81. The van der Waals surface area contributed by atoms with E-state index >= 15 is 0 Å². The topological polar surface area (TPSA) is 45.0 Å². The highest BCUT2D eigenvalue weighted by atomic mass is 32.1. The van der Waals surface area contributed by atoms with Crippen molar-refractivity contribution in [3.63, 3.8) is 0 Å². The Morgan fingerprint density at radius 2 is 1.74 bits per heavy atom. The lowest BCUT2D eigenvalue weighted by molar-refractivity contribution is 0.324. The van der Waals surface area contributed by atoms with Gasteiger partial charge in [-0.15, -0.1) is 22.7 Å². The van der Waals surface area contributed by atoms with Crippen molar-refractivity contribution < 1.29 is 14.2 Å². The second-order valence-corrected chi connectivity index (χ2v) is 7.49. The molecule has 0 aliphatic carbocycles. The van der Waals surface area contributed by atoms with Gasteiger partial charge in [0.05, 0.1) is 31.9 Å². The molecule has 1 aromatic carbocycles. The van der Waals surface area contributed by atoms with Crippen molar-refractivity contribution in [2.45, 2.75) is 0 Å². The summed E-state index contributed by atoms with van der Waals surface area (Å²) in [6.07, 6.45) is 6.14. The molecule has 4 rings (SSSR count). The van der Waals surface area contributed by atoms with Gasteiger partial charge in [0, 0.05) is 11.6 Å². The fourth-order valence-electron chi connectivity index (χ4n) is 2.93. The SMILES string of the molecule is COc1cc(/C=C\c2c(-c3cccs3)nc3sccn23)cc(OC)c1OC. The molecule has 3 heterocycles. The summed E-state index contributed by atoms with van der Waals surface area (Å²) in [5.74, 6) is 1.84. The van der Waals surface area contributed by atoms with Crippen LogP contribution in [0.4, 0.5) is 0 Å². The van der Waals surface area contributed by atoms with Gasteiger partial charge in [-0.2, -0.15) is 0 Å². The number of benzene rings is 1. The molecular weight excluding hydrogens is 380 g/mol. The first-order chi connectivity index (χ1) is 13.2. The predicted octanol–water partition coefficient (Wildman–Crippen LogP) is 5.32. The molecule has 0 N–H and O–H groups in total. The van der Waals surface area contributed by atoms with Crippen LogP contribution in [0.25, 0.3) is 27.7 Å². The lowest BCUT2D eigenvalue weighted by Crippen LogP contribution is -1.95. The molecular formula is C20H18N2O3S2. The van der Waals surface area contributed by atoms with Gasteiger partial charge < -0.3 is 14.2 Å². The van der Waals surface area contributed by atoms with Gasteiger partial charge in [-0.3, -0.25) is 4.40 Å². The van der Waals surface area contributed by atoms with Crippen molar-refractivity contribution in [1.82, 2.24) is 9.38 Å². The van der Waals surface area contributed by atoms with E-state index in [1.807, 2.05) is 35.9 Å².